The average molecular weight is 661 g/mol. The average Bonchev–Trinajstić information content (AvgIpc) is 3.18. The number of hydrogen-bond acceptors (Lipinski definition) is 5. The molecule has 9 heteroatoms. The Morgan fingerprint density at radius 3 is 2.49 bits per heavy atom. The maximum atomic E-state index is 13.4. The van der Waals surface area contributed by atoms with Gasteiger partial charge in [0.25, 0.3) is 0 Å². The summed E-state index contributed by atoms with van der Waals surface area (Å²) < 4.78 is 6.97. The number of nitrogens with zero attached hydrogens (tertiary/aromatic N) is 5. The second kappa shape index (κ2) is 13.5. The minimum absolute atomic E-state index is 0.0522. The van der Waals surface area contributed by atoms with Crippen molar-refractivity contribution in [2.24, 2.45) is 10.9 Å². The van der Waals surface area contributed by atoms with Crippen LogP contribution in [-0.4, -0.2) is 70.9 Å². The second-order valence-corrected chi connectivity index (χ2v) is 12.8. The van der Waals surface area contributed by atoms with Gasteiger partial charge >= 0.3 is 6.02 Å². The number of para-hydroxylation sites is 1. The molecule has 1 unspecified atom stereocenters. The summed E-state index contributed by atoms with van der Waals surface area (Å²) in [6.07, 6.45) is 11.6. The van der Waals surface area contributed by atoms with E-state index in [1.807, 2.05) is 47.5 Å². The maximum Gasteiger partial charge on any atom is 0.306 e. The Morgan fingerprint density at radius 2 is 1.74 bits per heavy atom. The number of amidine groups is 1. The molecule has 7 nitrogen and oxygen atoms in total. The molecule has 6 rings (SSSR count). The largest absolute Gasteiger partial charge is 0.425 e. The Balaban J connectivity index is 1.06. The third-order valence-electron chi connectivity index (χ3n) is 8.78. The lowest BCUT2D eigenvalue weighted by molar-refractivity contribution is -0.134. The highest BCUT2D eigenvalue weighted by Gasteiger charge is 2.34. The van der Waals surface area contributed by atoms with Crippen LogP contribution in [0.4, 0.5) is 0 Å². The van der Waals surface area contributed by atoms with Crippen LogP contribution in [0, 0.1) is 18.4 Å². The number of benzene rings is 2. The highest BCUT2D eigenvalue weighted by atomic mass is 79.9. The summed E-state index contributed by atoms with van der Waals surface area (Å²) in [6.45, 7) is 4.55. The van der Waals surface area contributed by atoms with Gasteiger partial charge in [0.05, 0.1) is 11.7 Å². The van der Waals surface area contributed by atoms with E-state index < -0.39 is 0 Å². The van der Waals surface area contributed by atoms with Crippen LogP contribution in [-0.2, 0) is 17.6 Å². The zero-order valence-electron chi connectivity index (χ0n) is 24.1. The van der Waals surface area contributed by atoms with Crippen molar-refractivity contribution in [3.8, 4) is 18.2 Å². The second-order valence-electron chi connectivity index (χ2n) is 11.4. The number of ether oxygens (including phenoxy) is 1. The first-order valence-corrected chi connectivity index (χ1v) is 16.1. The zero-order valence-corrected chi connectivity index (χ0v) is 26.4. The number of carbonyl (C=O) groups excluding carboxylic acids is 1. The standard InChI is InChI=1S/C34H35BrClN5O2/c1-2-37-34(43-29-6-4-3-5-7-29)41-14-12-24(13-15-41)20-31(42)39-16-18-40(19-17-39)33-30-11-10-28(36)22-25(30)8-9-26-21-27(35)23-38-32(26)33/h1,3-7,10-11,21-24,33H,8-9,12-20H2. The number of hydrogen-bond donors (Lipinski definition) is 0. The lowest BCUT2D eigenvalue weighted by atomic mass is 9.93. The van der Waals surface area contributed by atoms with E-state index >= 15 is 0 Å². The van der Waals surface area contributed by atoms with E-state index in [0.29, 0.717) is 37.2 Å². The van der Waals surface area contributed by atoms with E-state index in [2.05, 4.69) is 55.0 Å². The summed E-state index contributed by atoms with van der Waals surface area (Å²) in [5.41, 5.74) is 4.93. The zero-order chi connectivity index (χ0) is 29.8. The molecular weight excluding hydrogens is 626 g/mol. The van der Waals surface area contributed by atoms with Crippen LogP contribution in [0.15, 0.2) is 70.3 Å². The van der Waals surface area contributed by atoms with Gasteiger partial charge in [0.15, 0.2) is 0 Å². The highest BCUT2D eigenvalue weighted by molar-refractivity contribution is 9.10. The Bertz CT molecular complexity index is 1470. The number of likely N-dealkylation sites (tertiary alicyclic amines) is 1. The van der Waals surface area contributed by atoms with E-state index in [1.165, 1.54) is 16.7 Å². The maximum absolute atomic E-state index is 13.4. The number of pyridine rings is 1. The molecule has 2 fully saturated rings. The third kappa shape index (κ3) is 6.90. The van der Waals surface area contributed by atoms with Crippen LogP contribution < -0.4 is 4.74 Å². The number of aliphatic imine (C=N–C) groups is 1. The monoisotopic (exact) mass is 659 g/mol. The van der Waals surface area contributed by atoms with Gasteiger partial charge in [-0.2, -0.15) is 0 Å². The Kier molecular flexibility index (Phi) is 9.32. The predicted molar refractivity (Wildman–Crippen MR) is 173 cm³/mol. The number of rotatable bonds is 4. The normalized spacial score (nSPS) is 19.7. The first-order valence-electron chi connectivity index (χ1n) is 14.9. The van der Waals surface area contributed by atoms with Crippen molar-refractivity contribution < 1.29 is 9.53 Å². The number of amides is 1. The van der Waals surface area contributed by atoms with Crippen molar-refractivity contribution in [3.63, 3.8) is 0 Å². The van der Waals surface area contributed by atoms with Crippen molar-refractivity contribution in [3.05, 3.63) is 92.7 Å². The van der Waals surface area contributed by atoms with E-state index in [9.17, 15) is 4.79 Å². The first-order chi connectivity index (χ1) is 21.0. The molecule has 2 saturated heterocycles. The van der Waals surface area contributed by atoms with Crippen LogP contribution in [0.25, 0.3) is 0 Å². The first kappa shape index (κ1) is 29.7. The quantitative estimate of drug-likeness (QED) is 0.197. The number of piperidine rings is 1. The molecular formula is C34H35BrClN5O2. The van der Waals surface area contributed by atoms with E-state index in [4.69, 9.17) is 27.7 Å². The van der Waals surface area contributed by atoms with Crippen molar-refractivity contribution in [2.75, 3.05) is 39.3 Å². The molecule has 1 amide bonds. The molecule has 222 valence electrons. The van der Waals surface area contributed by atoms with Gasteiger partial charge in [0.2, 0.25) is 5.91 Å². The summed E-state index contributed by atoms with van der Waals surface area (Å²) in [5, 5.41) is 0.766. The number of halogens is 2. The van der Waals surface area contributed by atoms with Gasteiger partial charge in [-0.1, -0.05) is 42.3 Å². The van der Waals surface area contributed by atoms with Gasteiger partial charge in [-0.3, -0.25) is 14.7 Å². The van der Waals surface area contributed by atoms with Crippen LogP contribution in [0.3, 0.4) is 0 Å². The molecule has 0 bridgehead atoms. The van der Waals surface area contributed by atoms with Crippen molar-refractivity contribution in [1.29, 1.82) is 0 Å². The van der Waals surface area contributed by atoms with Crippen molar-refractivity contribution in [2.45, 2.75) is 38.1 Å². The highest BCUT2D eigenvalue weighted by Crippen LogP contribution is 2.38. The van der Waals surface area contributed by atoms with Crippen LogP contribution >= 0.6 is 27.5 Å². The Hall–Kier alpha value is -3.38. The van der Waals surface area contributed by atoms with Crippen molar-refractivity contribution >= 4 is 39.5 Å². The summed E-state index contributed by atoms with van der Waals surface area (Å²) >= 11 is 10.0. The molecule has 2 aromatic carbocycles. The molecule has 3 aliphatic rings. The number of aryl methyl sites for hydroxylation is 2. The molecule has 3 heterocycles. The van der Waals surface area contributed by atoms with Gasteiger partial charge in [0, 0.05) is 67.4 Å². The summed E-state index contributed by atoms with van der Waals surface area (Å²) in [7, 11) is 0. The molecule has 1 atom stereocenters. The van der Waals surface area contributed by atoms with Gasteiger partial charge < -0.3 is 14.5 Å². The number of carbonyl (C=O) groups is 1. The van der Waals surface area contributed by atoms with Crippen molar-refractivity contribution in [1.82, 2.24) is 19.7 Å². The minimum Gasteiger partial charge on any atom is -0.425 e. The fraction of sp³-hybridized carbons (Fsp3) is 0.382. The molecule has 0 spiro atoms. The molecule has 3 aromatic rings. The van der Waals surface area contributed by atoms with Crippen LogP contribution in [0.5, 0.6) is 5.75 Å². The third-order valence-corrected chi connectivity index (χ3v) is 9.45. The fourth-order valence-corrected chi connectivity index (χ4v) is 7.10. The van der Waals surface area contributed by atoms with E-state index in [1.54, 1.807) is 0 Å². The predicted octanol–water partition coefficient (Wildman–Crippen LogP) is 5.96. The molecule has 1 aliphatic carbocycles. The molecule has 0 N–H and O–H groups in total. The number of fused-ring (bicyclic) bond motifs is 2. The SMILES string of the molecule is C#CN=C(Oc1ccccc1)N1CCC(CC(=O)N2CCN(C3c4ccc(Cl)cc4CCc4cc(Br)cnc43)CC2)CC1. The molecule has 1 aromatic heterocycles. The van der Waals surface area contributed by atoms with Crippen LogP contribution in [0.1, 0.15) is 47.7 Å². The van der Waals surface area contributed by atoms with Gasteiger partial charge in [-0.05, 0) is 94.6 Å². The van der Waals surface area contributed by atoms with Gasteiger partial charge in [-0.25, -0.2) is 0 Å². The van der Waals surface area contributed by atoms with Crippen LogP contribution in [0.2, 0.25) is 5.02 Å². The fourth-order valence-electron chi connectivity index (χ4n) is 6.52. The summed E-state index contributed by atoms with van der Waals surface area (Å²) in [4.78, 5) is 29.1. The smallest absolute Gasteiger partial charge is 0.306 e. The molecule has 0 saturated carbocycles. The van der Waals surface area contributed by atoms with Gasteiger partial charge in [-0.15, -0.1) is 4.99 Å². The lowest BCUT2D eigenvalue weighted by Gasteiger charge is -2.40. The molecule has 43 heavy (non-hydrogen) atoms. The molecule has 0 radical (unpaired) electrons. The summed E-state index contributed by atoms with van der Waals surface area (Å²) in [5.74, 6) is 1.28. The minimum atomic E-state index is 0.0522. The van der Waals surface area contributed by atoms with Gasteiger partial charge in [0.1, 0.15) is 5.75 Å². The molecule has 2 aliphatic heterocycles. The number of aromatic nitrogens is 1. The Morgan fingerprint density at radius 1 is 1.00 bits per heavy atom. The number of terminal acetylenes is 1. The number of piperazine rings is 1. The summed E-state index contributed by atoms with van der Waals surface area (Å²) in [6, 6.07) is 20.8. The Labute approximate surface area is 267 Å². The topological polar surface area (TPSA) is 61.3 Å². The van der Waals surface area contributed by atoms with E-state index in [0.717, 1.165) is 67.1 Å². The van der Waals surface area contributed by atoms with E-state index in [-0.39, 0.29) is 11.9 Å². The lowest BCUT2D eigenvalue weighted by Crippen LogP contribution is -2.50.